The Morgan fingerprint density at radius 3 is 2.32 bits per heavy atom. The van der Waals surface area contributed by atoms with Gasteiger partial charge in [-0.3, -0.25) is 0 Å². The summed E-state index contributed by atoms with van der Waals surface area (Å²) in [6, 6.07) is 20.6. The number of hydrogen-bond acceptors (Lipinski definition) is 5. The first-order valence-corrected chi connectivity index (χ1v) is 13.3. The Labute approximate surface area is 227 Å². The van der Waals surface area contributed by atoms with E-state index in [4.69, 9.17) is 26.2 Å². The van der Waals surface area contributed by atoms with Crippen molar-refractivity contribution in [3.05, 3.63) is 88.4 Å². The van der Waals surface area contributed by atoms with Gasteiger partial charge in [0.25, 0.3) is 0 Å². The van der Waals surface area contributed by atoms with Crippen molar-refractivity contribution in [2.24, 2.45) is 0 Å². The summed E-state index contributed by atoms with van der Waals surface area (Å²) in [5.41, 5.74) is 3.75. The van der Waals surface area contributed by atoms with E-state index in [0.29, 0.717) is 10.6 Å². The van der Waals surface area contributed by atoms with Gasteiger partial charge in [-0.05, 0) is 60.5 Å². The minimum atomic E-state index is -1.35. The first-order valence-electron chi connectivity index (χ1n) is 12.9. The molecule has 1 aliphatic carbocycles. The van der Waals surface area contributed by atoms with Crippen LogP contribution in [0.4, 0.5) is 10.5 Å². The van der Waals surface area contributed by atoms with E-state index in [1.54, 1.807) is 31.4 Å². The molecule has 1 amide bonds. The topological polar surface area (TPSA) is 76.1 Å². The third kappa shape index (κ3) is 4.84. The molecule has 1 N–H and O–H groups in total. The maximum absolute atomic E-state index is 14.4. The van der Waals surface area contributed by atoms with Gasteiger partial charge in [-0.25, -0.2) is 14.1 Å². The summed E-state index contributed by atoms with van der Waals surface area (Å²) < 4.78 is 10.5. The monoisotopic (exact) mass is 535 g/mol. The summed E-state index contributed by atoms with van der Waals surface area (Å²) in [5, 5.41) is 9.60. The number of anilines is 1. The molecule has 1 saturated heterocycles. The maximum atomic E-state index is 14.4. The molecule has 0 radical (unpaired) electrons. The highest BCUT2D eigenvalue weighted by Gasteiger charge is 2.51. The molecule has 38 heavy (non-hydrogen) atoms. The molecule has 1 fully saturated rings. The highest BCUT2D eigenvalue weighted by Crippen LogP contribution is 2.46. The SMILES string of the molecule is COc1ccc(N2CCC([N+](C)(C(=O)c3ccccc3Cl)[C@@H]3CCc4ccc(OC(=O)O)cc43)CC2)cc1. The Hall–Kier alpha value is -3.55. The molecule has 0 aromatic heterocycles. The van der Waals surface area contributed by atoms with Crippen LogP contribution in [0.25, 0.3) is 0 Å². The predicted molar refractivity (Wildman–Crippen MR) is 146 cm³/mol. The van der Waals surface area contributed by atoms with E-state index < -0.39 is 6.16 Å². The summed E-state index contributed by atoms with van der Waals surface area (Å²) >= 11 is 6.55. The average Bonchev–Trinajstić information content (AvgIpc) is 3.36. The number of ether oxygens (including phenoxy) is 2. The number of quaternary nitrogens is 1. The van der Waals surface area contributed by atoms with Crippen molar-refractivity contribution in [2.45, 2.75) is 37.8 Å². The van der Waals surface area contributed by atoms with Gasteiger partial charge in [0, 0.05) is 43.6 Å². The number of nitrogens with zero attached hydrogens (tertiary/aromatic N) is 2. The predicted octanol–water partition coefficient (Wildman–Crippen LogP) is 6.35. The lowest BCUT2D eigenvalue weighted by molar-refractivity contribution is -0.887. The Kier molecular flexibility index (Phi) is 7.32. The molecular weight excluding hydrogens is 504 g/mol. The Balaban J connectivity index is 1.48. The highest BCUT2D eigenvalue weighted by molar-refractivity contribution is 6.33. The molecule has 3 aromatic carbocycles. The second-order valence-corrected chi connectivity index (χ2v) is 10.5. The first kappa shape index (κ1) is 26.1. The van der Waals surface area contributed by atoms with Gasteiger partial charge in [0.2, 0.25) is 0 Å². The van der Waals surface area contributed by atoms with Crippen LogP contribution in [0.2, 0.25) is 5.02 Å². The van der Waals surface area contributed by atoms with E-state index in [2.05, 4.69) is 17.0 Å². The smallest absolute Gasteiger partial charge is 0.497 e. The Morgan fingerprint density at radius 1 is 0.974 bits per heavy atom. The molecule has 3 aromatic rings. The van der Waals surface area contributed by atoms with E-state index in [1.165, 1.54) is 0 Å². The van der Waals surface area contributed by atoms with Crippen molar-refractivity contribution in [3.8, 4) is 11.5 Å². The van der Waals surface area contributed by atoms with Crippen molar-refractivity contribution in [2.75, 3.05) is 32.1 Å². The third-order valence-electron chi connectivity index (χ3n) is 8.22. The van der Waals surface area contributed by atoms with Crippen LogP contribution >= 0.6 is 11.6 Å². The van der Waals surface area contributed by atoms with E-state index in [9.17, 15) is 9.59 Å². The van der Waals surface area contributed by atoms with Crippen molar-refractivity contribution in [3.63, 3.8) is 0 Å². The van der Waals surface area contributed by atoms with Crippen molar-refractivity contribution in [1.82, 2.24) is 0 Å². The lowest BCUT2D eigenvalue weighted by Crippen LogP contribution is -2.60. The number of hydrogen-bond donors (Lipinski definition) is 1. The van der Waals surface area contributed by atoms with Gasteiger partial charge in [0.05, 0.1) is 30.8 Å². The second kappa shape index (κ2) is 10.7. The van der Waals surface area contributed by atoms with Crippen LogP contribution in [0, 0.1) is 0 Å². The van der Waals surface area contributed by atoms with Crippen molar-refractivity contribution < 1.29 is 28.7 Å². The van der Waals surface area contributed by atoms with Crippen LogP contribution < -0.4 is 14.4 Å². The number of carbonyl (C=O) groups excluding carboxylic acids is 1. The average molecular weight is 536 g/mol. The summed E-state index contributed by atoms with van der Waals surface area (Å²) in [6.45, 7) is 1.64. The fraction of sp³-hybridized carbons (Fsp3) is 0.333. The number of piperidine rings is 1. The van der Waals surface area contributed by atoms with Crippen LogP contribution in [0.1, 0.15) is 46.8 Å². The zero-order valence-corrected chi connectivity index (χ0v) is 22.4. The molecule has 8 heteroatoms. The quantitative estimate of drug-likeness (QED) is 0.225. The molecular formula is C30H32ClN2O5+. The summed E-state index contributed by atoms with van der Waals surface area (Å²) in [5.74, 6) is 1.08. The van der Waals surface area contributed by atoms with Gasteiger partial charge in [-0.2, -0.15) is 0 Å². The highest BCUT2D eigenvalue weighted by atomic mass is 35.5. The molecule has 2 atom stereocenters. The lowest BCUT2D eigenvalue weighted by atomic mass is 9.93. The largest absolute Gasteiger partial charge is 0.511 e. The fourth-order valence-corrected chi connectivity index (χ4v) is 6.41. The summed E-state index contributed by atoms with van der Waals surface area (Å²) in [4.78, 5) is 28.0. The van der Waals surface area contributed by atoms with E-state index in [0.717, 1.165) is 61.3 Å². The first-order chi connectivity index (χ1) is 18.3. The molecule has 0 saturated carbocycles. The molecule has 1 aliphatic heterocycles. The molecule has 1 unspecified atom stereocenters. The number of fused-ring (bicyclic) bond motifs is 1. The molecule has 2 aliphatic rings. The number of rotatable bonds is 6. The van der Waals surface area contributed by atoms with Crippen LogP contribution in [0.3, 0.4) is 0 Å². The number of amides is 1. The molecule has 0 spiro atoms. The standard InChI is InChI=1S/C30H31ClN2O5/c1-33(29(34)25-5-3-4-6-27(25)31,28-14-8-20-7-11-24(19-26(20)28)38-30(35)36)22-15-17-32(18-16-22)21-9-12-23(37-2)13-10-21/h3-7,9-13,19,22,28H,8,14-18H2,1-2H3/p+1/t28-,33?/m1/s1. The Morgan fingerprint density at radius 2 is 1.66 bits per heavy atom. The van der Waals surface area contributed by atoms with Gasteiger partial charge in [0.1, 0.15) is 17.5 Å². The van der Waals surface area contributed by atoms with Gasteiger partial charge >= 0.3 is 12.1 Å². The zero-order chi connectivity index (χ0) is 26.9. The minimum Gasteiger partial charge on any atom is -0.497 e. The number of benzene rings is 3. The van der Waals surface area contributed by atoms with E-state index in [-0.39, 0.29) is 28.2 Å². The van der Waals surface area contributed by atoms with Gasteiger partial charge < -0.3 is 19.5 Å². The number of carbonyl (C=O) groups is 2. The zero-order valence-electron chi connectivity index (χ0n) is 21.6. The van der Waals surface area contributed by atoms with E-state index in [1.807, 2.05) is 37.4 Å². The van der Waals surface area contributed by atoms with Crippen LogP contribution in [-0.2, 0) is 6.42 Å². The normalized spacial score (nSPS) is 18.9. The Bertz CT molecular complexity index is 1340. The second-order valence-electron chi connectivity index (χ2n) is 10.1. The number of aryl methyl sites for hydroxylation is 1. The van der Waals surface area contributed by atoms with Gasteiger partial charge in [-0.1, -0.05) is 29.8 Å². The van der Waals surface area contributed by atoms with Crippen molar-refractivity contribution >= 4 is 29.4 Å². The number of carboxylic acid groups (broad SMARTS) is 1. The minimum absolute atomic E-state index is 0.0131. The van der Waals surface area contributed by atoms with Crippen molar-refractivity contribution in [1.29, 1.82) is 0 Å². The van der Waals surface area contributed by atoms with Crippen LogP contribution in [0.15, 0.2) is 66.7 Å². The van der Waals surface area contributed by atoms with E-state index >= 15 is 0 Å². The van der Waals surface area contributed by atoms with Gasteiger partial charge in [-0.15, -0.1) is 0 Å². The molecule has 5 rings (SSSR count). The molecule has 198 valence electrons. The fourth-order valence-electron chi connectivity index (χ4n) is 6.19. The summed E-state index contributed by atoms with van der Waals surface area (Å²) in [6.07, 6.45) is 1.92. The molecule has 7 nitrogen and oxygen atoms in total. The lowest BCUT2D eigenvalue weighted by Gasteiger charge is -2.47. The number of halogens is 1. The number of methoxy groups -OCH3 is 1. The molecule has 1 heterocycles. The van der Waals surface area contributed by atoms with Crippen LogP contribution in [0.5, 0.6) is 11.5 Å². The van der Waals surface area contributed by atoms with Crippen LogP contribution in [-0.4, -0.2) is 54.9 Å². The molecule has 0 bridgehead atoms. The maximum Gasteiger partial charge on any atom is 0.511 e. The van der Waals surface area contributed by atoms with Gasteiger partial charge in [0.15, 0.2) is 0 Å². The third-order valence-corrected chi connectivity index (χ3v) is 8.55. The summed E-state index contributed by atoms with van der Waals surface area (Å²) in [7, 11) is 3.69.